The smallest absolute Gasteiger partial charge is 0.159 e. The Hall–Kier alpha value is -0.0800. The van der Waals surface area contributed by atoms with Gasteiger partial charge in [0, 0.05) is 11.8 Å². The maximum absolute atomic E-state index is 5.43. The molecule has 1 rings (SSSR count). The van der Waals surface area contributed by atoms with Gasteiger partial charge in [0.2, 0.25) is 0 Å². The minimum Gasteiger partial charge on any atom is -0.352 e. The normalized spacial score (nSPS) is 29.5. The summed E-state index contributed by atoms with van der Waals surface area (Å²) in [5, 5.41) is 0. The molecule has 0 spiro atoms. The molecule has 0 aliphatic carbocycles. The van der Waals surface area contributed by atoms with Crippen LogP contribution in [0.4, 0.5) is 0 Å². The number of hydrogen-bond donors (Lipinski definition) is 0. The molecule has 0 saturated carbocycles. The first-order valence-electron chi connectivity index (χ1n) is 4.93. The summed E-state index contributed by atoms with van der Waals surface area (Å²) < 4.78 is 10.9. The van der Waals surface area contributed by atoms with E-state index in [-0.39, 0.29) is 6.29 Å². The third kappa shape index (κ3) is 4.07. The molecule has 0 radical (unpaired) electrons. The molecule has 0 aromatic rings. The van der Waals surface area contributed by atoms with Crippen LogP contribution in [0.15, 0.2) is 0 Å². The molecule has 2 nitrogen and oxygen atoms in total. The lowest BCUT2D eigenvalue weighted by Crippen LogP contribution is -2.33. The molecule has 0 unspecified atom stereocenters. The van der Waals surface area contributed by atoms with Crippen molar-refractivity contribution in [3.05, 3.63) is 0 Å². The van der Waals surface area contributed by atoms with Crippen molar-refractivity contribution in [2.24, 2.45) is 11.8 Å². The van der Waals surface area contributed by atoms with Crippen molar-refractivity contribution < 1.29 is 9.47 Å². The fraction of sp³-hybridized carbons (Fsp3) is 1.00. The molecule has 0 bridgehead atoms. The Morgan fingerprint density at radius 1 is 1.08 bits per heavy atom. The van der Waals surface area contributed by atoms with Gasteiger partial charge in [0.15, 0.2) is 6.29 Å². The highest BCUT2D eigenvalue weighted by Crippen LogP contribution is 2.16. The summed E-state index contributed by atoms with van der Waals surface area (Å²) in [6, 6.07) is 0. The number of rotatable bonds is 1. The van der Waals surface area contributed by atoms with E-state index in [2.05, 4.69) is 20.8 Å². The van der Waals surface area contributed by atoms with Crippen molar-refractivity contribution in [2.45, 2.75) is 40.9 Å². The Morgan fingerprint density at radius 3 is 1.83 bits per heavy atom. The van der Waals surface area contributed by atoms with Crippen LogP contribution < -0.4 is 0 Å². The summed E-state index contributed by atoms with van der Waals surface area (Å²) in [5.74, 6) is 1.04. The van der Waals surface area contributed by atoms with E-state index in [1.54, 1.807) is 0 Å². The predicted molar refractivity (Wildman–Crippen MR) is 51.0 cm³/mol. The van der Waals surface area contributed by atoms with Crippen LogP contribution >= 0.6 is 0 Å². The van der Waals surface area contributed by atoms with Crippen LogP contribution in [0.3, 0.4) is 0 Å². The zero-order valence-electron chi connectivity index (χ0n) is 8.96. The molecule has 0 aromatic heterocycles. The molecule has 1 aliphatic rings. The van der Waals surface area contributed by atoms with Gasteiger partial charge in [-0.25, -0.2) is 0 Å². The summed E-state index contributed by atoms with van der Waals surface area (Å²) in [4.78, 5) is 0. The molecule has 74 valence electrons. The highest BCUT2D eigenvalue weighted by molar-refractivity contribution is 4.60. The maximum atomic E-state index is 5.43. The van der Waals surface area contributed by atoms with Crippen LogP contribution in [-0.2, 0) is 9.47 Å². The fourth-order valence-corrected chi connectivity index (χ4v) is 0.999. The molecule has 0 aromatic carbocycles. The van der Waals surface area contributed by atoms with E-state index in [1.165, 1.54) is 0 Å². The fourth-order valence-electron chi connectivity index (χ4n) is 0.999. The van der Waals surface area contributed by atoms with Gasteiger partial charge in [0.1, 0.15) is 0 Å². The topological polar surface area (TPSA) is 18.5 Å². The third-order valence-corrected chi connectivity index (χ3v) is 1.63. The Balaban J connectivity index is 0.000000561. The largest absolute Gasteiger partial charge is 0.352 e. The Labute approximate surface area is 76.3 Å². The van der Waals surface area contributed by atoms with Crippen molar-refractivity contribution in [2.75, 3.05) is 13.2 Å². The highest BCUT2D eigenvalue weighted by Gasteiger charge is 2.21. The lowest BCUT2D eigenvalue weighted by Gasteiger charge is -2.29. The molecule has 1 fully saturated rings. The van der Waals surface area contributed by atoms with E-state index in [9.17, 15) is 0 Å². The molecule has 2 heteroatoms. The lowest BCUT2D eigenvalue weighted by molar-refractivity contribution is -0.216. The number of hydrogen-bond acceptors (Lipinski definition) is 2. The van der Waals surface area contributed by atoms with E-state index in [4.69, 9.17) is 9.47 Å². The van der Waals surface area contributed by atoms with Gasteiger partial charge in [-0.1, -0.05) is 34.6 Å². The van der Waals surface area contributed by atoms with E-state index >= 15 is 0 Å². The first-order valence-corrected chi connectivity index (χ1v) is 4.93. The van der Waals surface area contributed by atoms with Crippen LogP contribution in [0.1, 0.15) is 34.6 Å². The molecule has 1 heterocycles. The zero-order chi connectivity index (χ0) is 9.56. The molecule has 1 saturated heterocycles. The van der Waals surface area contributed by atoms with E-state index < -0.39 is 0 Å². The molecular weight excluding hydrogens is 152 g/mol. The van der Waals surface area contributed by atoms with Crippen molar-refractivity contribution in [1.29, 1.82) is 0 Å². The van der Waals surface area contributed by atoms with Gasteiger partial charge in [-0.15, -0.1) is 0 Å². The molecule has 0 atom stereocenters. The molecule has 1 aliphatic heterocycles. The van der Waals surface area contributed by atoms with Crippen LogP contribution in [0.2, 0.25) is 0 Å². The van der Waals surface area contributed by atoms with Crippen molar-refractivity contribution in [3.8, 4) is 0 Å². The SMILES string of the molecule is CC.CC1COC(C(C)C)OC1. The summed E-state index contributed by atoms with van der Waals surface area (Å²) >= 11 is 0. The summed E-state index contributed by atoms with van der Waals surface area (Å²) in [5.41, 5.74) is 0. The Bertz CT molecular complexity index is 94.0. The standard InChI is InChI=1S/C8H16O2.C2H6/c1-6(2)8-9-4-7(3)5-10-8;1-2/h6-8H,4-5H2,1-3H3;1-2H3. The summed E-state index contributed by atoms with van der Waals surface area (Å²) in [6.45, 7) is 12.1. The zero-order valence-corrected chi connectivity index (χ0v) is 8.96. The average Bonchev–Trinajstić information content (AvgIpc) is 2.09. The summed E-state index contributed by atoms with van der Waals surface area (Å²) in [7, 11) is 0. The summed E-state index contributed by atoms with van der Waals surface area (Å²) in [6.07, 6.45) is 0.0381. The third-order valence-electron chi connectivity index (χ3n) is 1.63. The average molecular weight is 174 g/mol. The second kappa shape index (κ2) is 6.44. The van der Waals surface area contributed by atoms with Crippen molar-refractivity contribution in [3.63, 3.8) is 0 Å². The van der Waals surface area contributed by atoms with Gasteiger partial charge in [-0.3, -0.25) is 0 Å². The first-order chi connectivity index (χ1) is 5.70. The number of ether oxygens (including phenoxy) is 2. The first kappa shape index (κ1) is 11.9. The molecular formula is C10H22O2. The van der Waals surface area contributed by atoms with E-state index in [0.29, 0.717) is 11.8 Å². The van der Waals surface area contributed by atoms with Gasteiger partial charge in [0.25, 0.3) is 0 Å². The molecule has 12 heavy (non-hydrogen) atoms. The molecule has 0 N–H and O–H groups in total. The van der Waals surface area contributed by atoms with Gasteiger partial charge in [-0.05, 0) is 0 Å². The van der Waals surface area contributed by atoms with Crippen LogP contribution in [0.5, 0.6) is 0 Å². The highest BCUT2D eigenvalue weighted by atomic mass is 16.7. The monoisotopic (exact) mass is 174 g/mol. The van der Waals surface area contributed by atoms with Crippen LogP contribution in [0.25, 0.3) is 0 Å². The Morgan fingerprint density at radius 2 is 1.50 bits per heavy atom. The van der Waals surface area contributed by atoms with Crippen LogP contribution in [0, 0.1) is 11.8 Å². The van der Waals surface area contributed by atoms with Gasteiger partial charge >= 0.3 is 0 Å². The predicted octanol–water partition coefficient (Wildman–Crippen LogP) is 2.68. The molecule has 0 amide bonds. The van der Waals surface area contributed by atoms with Gasteiger partial charge < -0.3 is 9.47 Å². The Kier molecular flexibility index (Phi) is 6.39. The second-order valence-electron chi connectivity index (χ2n) is 3.38. The lowest BCUT2D eigenvalue weighted by atomic mass is 10.1. The van der Waals surface area contributed by atoms with Gasteiger partial charge in [0.05, 0.1) is 13.2 Å². The minimum absolute atomic E-state index is 0.0381. The van der Waals surface area contributed by atoms with Gasteiger partial charge in [-0.2, -0.15) is 0 Å². The quantitative estimate of drug-likeness (QED) is 0.608. The van der Waals surface area contributed by atoms with Crippen LogP contribution in [-0.4, -0.2) is 19.5 Å². The van der Waals surface area contributed by atoms with E-state index in [1.807, 2.05) is 13.8 Å². The maximum Gasteiger partial charge on any atom is 0.159 e. The van der Waals surface area contributed by atoms with Crippen molar-refractivity contribution >= 4 is 0 Å². The minimum atomic E-state index is 0.0381. The van der Waals surface area contributed by atoms with Crippen molar-refractivity contribution in [1.82, 2.24) is 0 Å². The van der Waals surface area contributed by atoms with E-state index in [0.717, 1.165) is 13.2 Å². The second-order valence-corrected chi connectivity index (χ2v) is 3.38.